The van der Waals surface area contributed by atoms with Gasteiger partial charge in [0.1, 0.15) is 15.5 Å². The molecule has 0 aromatic heterocycles. The summed E-state index contributed by atoms with van der Waals surface area (Å²) in [6, 6.07) is 6.52. The van der Waals surface area contributed by atoms with Crippen LogP contribution in [0.3, 0.4) is 0 Å². The number of phenolic OH excluding ortho intramolecular Hbond substituents is 1. The van der Waals surface area contributed by atoms with Gasteiger partial charge < -0.3 is 5.11 Å². The van der Waals surface area contributed by atoms with Crippen molar-refractivity contribution in [2.75, 3.05) is 6.61 Å². The zero-order valence-corrected chi connectivity index (χ0v) is 13.9. The summed E-state index contributed by atoms with van der Waals surface area (Å²) in [5.41, 5.74) is 0. The Balaban J connectivity index is 0.00000288. The number of rotatable bonds is 6. The molecule has 0 heterocycles. The van der Waals surface area contributed by atoms with E-state index in [-0.39, 0.29) is 46.9 Å². The van der Waals surface area contributed by atoms with Crippen molar-refractivity contribution in [1.82, 2.24) is 0 Å². The fraction of sp³-hybridized carbons (Fsp3) is 0.286. The molecule has 0 amide bonds. The van der Waals surface area contributed by atoms with E-state index in [9.17, 15) is 26.5 Å². The van der Waals surface area contributed by atoms with Crippen LogP contribution in [-0.4, -0.2) is 62.7 Å². The number of aromatic hydroxyl groups is 1. The summed E-state index contributed by atoms with van der Waals surface area (Å²) in [5.74, 6) is -0.712. The van der Waals surface area contributed by atoms with Crippen molar-refractivity contribution in [2.45, 2.75) is 29.6 Å². The van der Waals surface area contributed by atoms with E-state index in [2.05, 4.69) is 0 Å². The molecule has 0 aliphatic rings. The molecule has 2 N–H and O–H groups in total. The number of phenols is 1. The van der Waals surface area contributed by atoms with Gasteiger partial charge in [0.2, 0.25) is 0 Å². The first-order valence-corrected chi connectivity index (χ1v) is 9.65. The Kier molecular flexibility index (Phi) is 7.24. The second kappa shape index (κ2) is 8.13. The average Bonchev–Trinajstić information content (AvgIpc) is 2.46. The van der Waals surface area contributed by atoms with Gasteiger partial charge in [0.05, 0.1) is 6.61 Å². The second-order valence-corrected chi connectivity index (χ2v) is 7.85. The molecule has 2 aromatic rings. The normalized spacial score (nSPS) is 12.1. The first kappa shape index (κ1) is 21.4. The molecule has 0 saturated heterocycles. The van der Waals surface area contributed by atoms with Gasteiger partial charge in [0.15, 0.2) is 0 Å². The predicted molar refractivity (Wildman–Crippen MR) is 90.6 cm³/mol. The molecule has 0 radical (unpaired) electrons. The molecule has 10 heteroatoms. The molecule has 0 bridgehead atoms. The van der Waals surface area contributed by atoms with Crippen LogP contribution in [0, 0.1) is 0 Å². The van der Waals surface area contributed by atoms with Crippen LogP contribution in [0.5, 0.6) is 5.75 Å². The fourth-order valence-electron chi connectivity index (χ4n) is 2.08. The number of fused-ring (bicyclic) bond motifs is 1. The first-order valence-electron chi connectivity index (χ1n) is 6.80. The summed E-state index contributed by atoms with van der Waals surface area (Å²) in [6.45, 7) is 1.82. The number of unbranched alkanes of at least 4 members (excludes halogenated alkanes) is 1. The van der Waals surface area contributed by atoms with Crippen LogP contribution < -0.4 is 0 Å². The van der Waals surface area contributed by atoms with Gasteiger partial charge in [-0.25, -0.2) is 0 Å². The molecule has 0 aliphatic heterocycles. The van der Waals surface area contributed by atoms with Crippen LogP contribution in [0.15, 0.2) is 40.1 Å². The average molecular weight is 384 g/mol. The van der Waals surface area contributed by atoms with Crippen molar-refractivity contribution >= 4 is 60.6 Å². The van der Waals surface area contributed by atoms with E-state index in [0.29, 0.717) is 12.5 Å². The summed E-state index contributed by atoms with van der Waals surface area (Å²) in [6.07, 6.45) is 1.24. The third-order valence-corrected chi connectivity index (χ3v) is 5.45. The molecule has 7 nitrogen and oxygen atoms in total. The Hall–Kier alpha value is -0.680. The number of hydrogen-bond acceptors (Lipinski definition) is 6. The number of benzene rings is 2. The van der Waals surface area contributed by atoms with E-state index in [4.69, 9.17) is 4.18 Å². The van der Waals surface area contributed by atoms with Crippen LogP contribution in [0.4, 0.5) is 0 Å². The minimum absolute atomic E-state index is 0. The zero-order chi connectivity index (χ0) is 17.3. The zero-order valence-electron chi connectivity index (χ0n) is 12.3. The van der Waals surface area contributed by atoms with Gasteiger partial charge in [-0.05, 0) is 12.5 Å². The van der Waals surface area contributed by atoms with E-state index >= 15 is 0 Å². The Morgan fingerprint density at radius 3 is 2.17 bits per heavy atom. The first-order chi connectivity index (χ1) is 10.7. The van der Waals surface area contributed by atoms with E-state index in [1.807, 2.05) is 6.92 Å². The molecule has 128 valence electrons. The molecule has 0 atom stereocenters. The van der Waals surface area contributed by atoms with Gasteiger partial charge in [0, 0.05) is 10.8 Å². The van der Waals surface area contributed by atoms with Crippen molar-refractivity contribution in [1.29, 1.82) is 0 Å². The molecule has 24 heavy (non-hydrogen) atoms. The van der Waals surface area contributed by atoms with E-state index < -0.39 is 35.8 Å². The number of hydrogen-bond donors (Lipinski definition) is 2. The molecule has 0 unspecified atom stereocenters. The molecule has 0 spiro atoms. The van der Waals surface area contributed by atoms with E-state index in [1.165, 1.54) is 18.2 Å². The second-order valence-electron chi connectivity index (χ2n) is 4.87. The quantitative estimate of drug-likeness (QED) is 0.336. The van der Waals surface area contributed by atoms with E-state index in [0.717, 1.165) is 6.42 Å². The van der Waals surface area contributed by atoms with Gasteiger partial charge >= 0.3 is 29.6 Å². The van der Waals surface area contributed by atoms with Crippen molar-refractivity contribution in [3.05, 3.63) is 30.3 Å². The van der Waals surface area contributed by atoms with E-state index in [1.54, 1.807) is 6.07 Å². The monoisotopic (exact) mass is 384 g/mol. The van der Waals surface area contributed by atoms with Crippen molar-refractivity contribution in [3.8, 4) is 5.75 Å². The molecule has 2 rings (SSSR count). The van der Waals surface area contributed by atoms with Crippen LogP contribution in [0.1, 0.15) is 19.8 Å². The molecule has 0 fully saturated rings. The Bertz CT molecular complexity index is 937. The summed E-state index contributed by atoms with van der Waals surface area (Å²) >= 11 is 0. The van der Waals surface area contributed by atoms with Crippen LogP contribution in [0.2, 0.25) is 0 Å². The maximum absolute atomic E-state index is 12.3. The molecule has 0 saturated carbocycles. The van der Waals surface area contributed by atoms with Crippen LogP contribution in [0.25, 0.3) is 10.8 Å². The Morgan fingerprint density at radius 1 is 1.04 bits per heavy atom. The van der Waals surface area contributed by atoms with Gasteiger partial charge in [-0.3, -0.25) is 8.74 Å². The predicted octanol–water partition coefficient (Wildman–Crippen LogP) is 1.65. The summed E-state index contributed by atoms with van der Waals surface area (Å²) in [5, 5.41) is 10.1. The Labute approximate surface area is 162 Å². The van der Waals surface area contributed by atoms with Crippen molar-refractivity contribution in [3.63, 3.8) is 0 Å². The molecular weight excluding hydrogens is 367 g/mol. The molecule has 0 aliphatic carbocycles. The minimum atomic E-state index is -4.80. The van der Waals surface area contributed by atoms with Crippen molar-refractivity contribution < 1.29 is 30.7 Å². The van der Waals surface area contributed by atoms with Gasteiger partial charge in [-0.15, -0.1) is 0 Å². The van der Waals surface area contributed by atoms with Crippen LogP contribution in [-0.2, 0) is 24.4 Å². The maximum atomic E-state index is 12.3. The Morgan fingerprint density at radius 2 is 1.62 bits per heavy atom. The third-order valence-electron chi connectivity index (χ3n) is 3.23. The fourth-order valence-corrected chi connectivity index (χ4v) is 3.95. The summed E-state index contributed by atoms with van der Waals surface area (Å²) < 4.78 is 61.6. The third kappa shape index (κ3) is 4.48. The summed E-state index contributed by atoms with van der Waals surface area (Å²) in [4.78, 5) is -1.30. The van der Waals surface area contributed by atoms with Gasteiger partial charge in [0.25, 0.3) is 20.2 Å². The van der Waals surface area contributed by atoms with Gasteiger partial charge in [-0.2, -0.15) is 16.8 Å². The standard InChI is InChI=1S/C14H16O7S2.Na.H/c1-2-3-8-21-23(19,20)12-9-13(22(16,17)18)14(15)11-7-5-4-6-10(11)12;;/h4-7,9,15H,2-3,8H2,1H3,(H,16,17,18);;. The SMILES string of the molecule is CCCCOS(=O)(=O)c1cc(S(=O)(=O)O)c(O)c2ccccc12.[NaH]. The summed E-state index contributed by atoms with van der Waals surface area (Å²) in [7, 11) is -9.05. The van der Waals surface area contributed by atoms with Gasteiger partial charge in [-0.1, -0.05) is 37.6 Å². The topological polar surface area (TPSA) is 118 Å². The molecular formula is C14H17NaO7S2. The van der Waals surface area contributed by atoms with Crippen LogP contribution >= 0.6 is 0 Å². The molecule has 2 aromatic carbocycles. The van der Waals surface area contributed by atoms with Crippen molar-refractivity contribution in [2.24, 2.45) is 0 Å².